The van der Waals surface area contributed by atoms with Gasteiger partial charge in [-0.15, -0.1) is 0 Å². The molecule has 0 heterocycles. The minimum Gasteiger partial charge on any atom is -0.179 e. The van der Waals surface area contributed by atoms with E-state index in [4.69, 9.17) is 37.9 Å². The highest BCUT2D eigenvalue weighted by atomic mass is 32.1. The van der Waals surface area contributed by atoms with Gasteiger partial charge in [0.05, 0.1) is 0 Å². The van der Waals surface area contributed by atoms with E-state index in [9.17, 15) is 0 Å². The number of thiol groups is 4. The Bertz CT molecular complexity index is 857. The minimum absolute atomic E-state index is 0.0540. The highest BCUT2D eigenvalue weighted by Gasteiger charge is 2.54. The summed E-state index contributed by atoms with van der Waals surface area (Å²) in [6.45, 7) is 9.28. The van der Waals surface area contributed by atoms with Crippen molar-refractivity contribution in [3.05, 3.63) is 71.8 Å². The van der Waals surface area contributed by atoms with Crippen LogP contribution in [0.3, 0.4) is 0 Å². The van der Waals surface area contributed by atoms with Gasteiger partial charge in [-0.1, -0.05) is 127 Å². The molecular formula is C34H54S4. The van der Waals surface area contributed by atoms with Crippen LogP contribution in [-0.2, 0) is 5.41 Å². The van der Waals surface area contributed by atoms with Gasteiger partial charge < -0.3 is 0 Å². The minimum atomic E-state index is -0.280. The van der Waals surface area contributed by atoms with Crippen molar-refractivity contribution in [1.82, 2.24) is 0 Å². The van der Waals surface area contributed by atoms with E-state index in [-0.39, 0.29) is 27.1 Å². The van der Waals surface area contributed by atoms with Crippen molar-refractivity contribution in [2.75, 3.05) is 5.75 Å². The molecular weight excluding hydrogens is 537 g/mol. The van der Waals surface area contributed by atoms with Gasteiger partial charge in [0.1, 0.15) is 0 Å². The second kappa shape index (κ2) is 18.3. The molecule has 0 saturated carbocycles. The zero-order chi connectivity index (χ0) is 28.0. The van der Waals surface area contributed by atoms with Crippen LogP contribution in [0.15, 0.2) is 60.7 Å². The fraction of sp³-hybridized carbons (Fsp3) is 0.647. The SMILES string of the molecule is CCCCC(CC)C(S)C(S)C(c1ccccc1)(C(CCCS)c1ccccc1)C(S)C(CC)CCCC. The molecule has 0 radical (unpaired) electrons. The fourth-order valence-corrected chi connectivity index (χ4v) is 9.07. The summed E-state index contributed by atoms with van der Waals surface area (Å²) in [7, 11) is 0. The molecule has 4 heteroatoms. The van der Waals surface area contributed by atoms with Crippen LogP contribution in [0.1, 0.15) is 109 Å². The van der Waals surface area contributed by atoms with Crippen molar-refractivity contribution in [2.24, 2.45) is 11.8 Å². The highest BCUT2D eigenvalue weighted by Crippen LogP contribution is 2.55. The van der Waals surface area contributed by atoms with E-state index in [1.165, 1.54) is 49.7 Å². The summed E-state index contributed by atoms with van der Waals surface area (Å²) in [5, 5.41) is 0.390. The number of unbranched alkanes of at least 4 members (excludes halogenated alkanes) is 2. The van der Waals surface area contributed by atoms with Crippen LogP contribution in [0.2, 0.25) is 0 Å². The van der Waals surface area contributed by atoms with Gasteiger partial charge in [0, 0.05) is 21.2 Å². The molecule has 0 aliphatic carbocycles. The molecule has 38 heavy (non-hydrogen) atoms. The lowest BCUT2D eigenvalue weighted by atomic mass is 9.58. The highest BCUT2D eigenvalue weighted by molar-refractivity contribution is 7.85. The molecule has 0 aliphatic heterocycles. The molecule has 0 aliphatic rings. The van der Waals surface area contributed by atoms with E-state index in [0.29, 0.717) is 11.8 Å². The van der Waals surface area contributed by atoms with E-state index in [0.717, 1.165) is 31.4 Å². The number of benzene rings is 2. The molecule has 0 N–H and O–H groups in total. The third-order valence-electron chi connectivity index (χ3n) is 8.84. The van der Waals surface area contributed by atoms with Crippen LogP contribution in [0.5, 0.6) is 0 Å². The van der Waals surface area contributed by atoms with Gasteiger partial charge in [-0.2, -0.15) is 50.5 Å². The average Bonchev–Trinajstić information content (AvgIpc) is 2.96. The fourth-order valence-electron chi connectivity index (χ4n) is 6.58. The Kier molecular flexibility index (Phi) is 16.4. The summed E-state index contributed by atoms with van der Waals surface area (Å²) in [5.74, 6) is 2.19. The molecule has 0 amide bonds. The van der Waals surface area contributed by atoms with Gasteiger partial charge in [0.2, 0.25) is 0 Å². The predicted molar refractivity (Wildman–Crippen MR) is 185 cm³/mol. The monoisotopic (exact) mass is 590 g/mol. The van der Waals surface area contributed by atoms with Gasteiger partial charge in [0.25, 0.3) is 0 Å². The summed E-state index contributed by atoms with van der Waals surface area (Å²) in [5.41, 5.74) is 2.48. The Balaban J connectivity index is 2.86. The molecule has 2 aromatic carbocycles. The smallest absolute Gasteiger partial charge is 0.0267 e. The van der Waals surface area contributed by atoms with Gasteiger partial charge in [-0.05, 0) is 60.3 Å². The maximum atomic E-state index is 5.68. The zero-order valence-electron chi connectivity index (χ0n) is 24.3. The standard InChI is InChI=1S/C34H54S4/c1-5-9-18-26(7-3)31(36)33(38)34(29-22-15-12-16-23-29,32(37)27(8-4)19-10-6-2)30(24-17-25-35)28-20-13-11-14-21-28/h11-16,20-23,26-27,30-33,35-38H,5-10,17-19,24-25H2,1-4H3. The molecule has 0 aromatic heterocycles. The van der Waals surface area contributed by atoms with E-state index in [1.807, 2.05) is 0 Å². The lowest BCUT2D eigenvalue weighted by Crippen LogP contribution is -2.56. The molecule has 214 valence electrons. The summed E-state index contributed by atoms with van der Waals surface area (Å²) in [6.07, 6.45) is 11.7. The second-order valence-corrected chi connectivity index (χ2v) is 13.3. The van der Waals surface area contributed by atoms with E-state index < -0.39 is 0 Å². The van der Waals surface area contributed by atoms with Crippen LogP contribution in [0, 0.1) is 11.8 Å². The Labute approximate surface area is 257 Å². The molecule has 0 saturated heterocycles. The number of rotatable bonds is 19. The molecule has 0 nitrogen and oxygen atoms in total. The van der Waals surface area contributed by atoms with Crippen molar-refractivity contribution in [2.45, 2.75) is 119 Å². The first-order chi connectivity index (χ1) is 18.4. The van der Waals surface area contributed by atoms with E-state index >= 15 is 0 Å². The van der Waals surface area contributed by atoms with Crippen LogP contribution in [0.4, 0.5) is 0 Å². The van der Waals surface area contributed by atoms with Crippen molar-refractivity contribution in [1.29, 1.82) is 0 Å². The topological polar surface area (TPSA) is 0 Å². The quantitative estimate of drug-likeness (QED) is 0.115. The summed E-state index contributed by atoms with van der Waals surface area (Å²) >= 11 is 21.5. The molecule has 0 fully saturated rings. The summed E-state index contributed by atoms with van der Waals surface area (Å²) in [6, 6.07) is 22.4. The van der Waals surface area contributed by atoms with Crippen LogP contribution >= 0.6 is 50.5 Å². The van der Waals surface area contributed by atoms with Gasteiger partial charge in [-0.3, -0.25) is 0 Å². The van der Waals surface area contributed by atoms with Crippen LogP contribution in [0.25, 0.3) is 0 Å². The molecule has 2 rings (SSSR count). The van der Waals surface area contributed by atoms with Crippen molar-refractivity contribution in [3.63, 3.8) is 0 Å². The van der Waals surface area contributed by atoms with Crippen molar-refractivity contribution in [3.8, 4) is 0 Å². The van der Waals surface area contributed by atoms with Gasteiger partial charge in [0.15, 0.2) is 0 Å². The predicted octanol–water partition coefficient (Wildman–Crippen LogP) is 10.7. The van der Waals surface area contributed by atoms with Gasteiger partial charge in [-0.25, -0.2) is 0 Å². The first-order valence-electron chi connectivity index (χ1n) is 15.2. The van der Waals surface area contributed by atoms with Crippen molar-refractivity contribution >= 4 is 50.5 Å². The normalized spacial score (nSPS) is 18.2. The lowest BCUT2D eigenvalue weighted by molar-refractivity contribution is 0.228. The Hall–Kier alpha value is -0.160. The molecule has 0 spiro atoms. The molecule has 7 atom stereocenters. The van der Waals surface area contributed by atoms with Crippen LogP contribution in [-0.4, -0.2) is 21.5 Å². The number of hydrogen-bond acceptors (Lipinski definition) is 4. The third-order valence-corrected chi connectivity index (χ3v) is 11.7. The van der Waals surface area contributed by atoms with Crippen LogP contribution < -0.4 is 0 Å². The Morgan fingerprint density at radius 1 is 0.632 bits per heavy atom. The average molecular weight is 591 g/mol. The largest absolute Gasteiger partial charge is 0.179 e. The summed E-state index contributed by atoms with van der Waals surface area (Å²) < 4.78 is 0. The number of hydrogen-bond donors (Lipinski definition) is 4. The maximum absolute atomic E-state index is 5.68. The van der Waals surface area contributed by atoms with Gasteiger partial charge >= 0.3 is 0 Å². The molecule has 2 aromatic rings. The molecule has 7 unspecified atom stereocenters. The Morgan fingerprint density at radius 3 is 1.66 bits per heavy atom. The van der Waals surface area contributed by atoms with E-state index in [2.05, 4.69) is 101 Å². The zero-order valence-corrected chi connectivity index (χ0v) is 27.9. The lowest BCUT2D eigenvalue weighted by Gasteiger charge is -2.54. The van der Waals surface area contributed by atoms with E-state index in [1.54, 1.807) is 0 Å². The molecule has 0 bridgehead atoms. The Morgan fingerprint density at radius 2 is 1.16 bits per heavy atom. The maximum Gasteiger partial charge on any atom is 0.0267 e. The third kappa shape index (κ3) is 8.43. The van der Waals surface area contributed by atoms with Crippen molar-refractivity contribution < 1.29 is 0 Å². The first-order valence-corrected chi connectivity index (χ1v) is 17.4. The first kappa shape index (κ1) is 34.0. The second-order valence-electron chi connectivity index (χ2n) is 11.1. The summed E-state index contributed by atoms with van der Waals surface area (Å²) in [4.78, 5) is 0.